The van der Waals surface area contributed by atoms with Gasteiger partial charge in [0, 0.05) is 5.92 Å². The van der Waals surface area contributed by atoms with Crippen molar-refractivity contribution in [2.45, 2.75) is 25.4 Å². The first-order valence-corrected chi connectivity index (χ1v) is 5.93. The molecule has 0 aromatic heterocycles. The molecule has 0 amide bonds. The lowest BCUT2D eigenvalue weighted by Crippen LogP contribution is -1.97. The molecule has 2 aromatic rings. The summed E-state index contributed by atoms with van der Waals surface area (Å²) in [5, 5.41) is 2.65. The summed E-state index contributed by atoms with van der Waals surface area (Å²) in [6, 6.07) is 15.3. The Morgan fingerprint density at radius 2 is 1.88 bits per heavy atom. The normalized spacial score (nSPS) is 25.1. The Labute approximate surface area is 96.0 Å². The number of ether oxygens (including phenoxy) is 1. The van der Waals surface area contributed by atoms with Gasteiger partial charge in [-0.15, -0.1) is 0 Å². The lowest BCUT2D eigenvalue weighted by Gasteiger charge is -2.09. The fourth-order valence-corrected chi connectivity index (χ4v) is 2.51. The minimum Gasteiger partial charge on any atom is -0.378 e. The molecule has 0 radical (unpaired) electrons. The summed E-state index contributed by atoms with van der Waals surface area (Å²) in [4.78, 5) is 0. The molecule has 1 fully saturated rings. The zero-order valence-corrected chi connectivity index (χ0v) is 9.52. The fraction of sp³-hybridized carbons (Fsp3) is 0.333. The molecular formula is C15H16O. The minimum absolute atomic E-state index is 0.413. The van der Waals surface area contributed by atoms with Crippen LogP contribution in [0.4, 0.5) is 0 Å². The Hall–Kier alpha value is -1.34. The van der Waals surface area contributed by atoms with Crippen molar-refractivity contribution in [3.8, 4) is 0 Å². The van der Waals surface area contributed by atoms with E-state index in [1.165, 1.54) is 16.3 Å². The van der Waals surface area contributed by atoms with Gasteiger partial charge in [-0.25, -0.2) is 0 Å². The summed E-state index contributed by atoms with van der Waals surface area (Å²) in [6.07, 6.45) is 1.56. The molecule has 0 bridgehead atoms. The van der Waals surface area contributed by atoms with E-state index in [-0.39, 0.29) is 0 Å². The highest BCUT2D eigenvalue weighted by atomic mass is 16.5. The van der Waals surface area contributed by atoms with Crippen LogP contribution in [0, 0.1) is 0 Å². The van der Waals surface area contributed by atoms with Gasteiger partial charge in [-0.3, -0.25) is 0 Å². The number of fused-ring (bicyclic) bond motifs is 1. The van der Waals surface area contributed by atoms with Crippen LogP contribution < -0.4 is 0 Å². The van der Waals surface area contributed by atoms with Crippen LogP contribution in [-0.4, -0.2) is 12.7 Å². The first-order chi connectivity index (χ1) is 7.83. The van der Waals surface area contributed by atoms with Crippen LogP contribution in [0.3, 0.4) is 0 Å². The van der Waals surface area contributed by atoms with E-state index in [1.54, 1.807) is 0 Å². The largest absolute Gasteiger partial charge is 0.378 e. The van der Waals surface area contributed by atoms with Crippen LogP contribution in [0.5, 0.6) is 0 Å². The zero-order chi connectivity index (χ0) is 11.0. The van der Waals surface area contributed by atoms with E-state index in [2.05, 4.69) is 49.4 Å². The van der Waals surface area contributed by atoms with E-state index in [0.29, 0.717) is 12.0 Å². The third-order valence-electron chi connectivity index (χ3n) is 3.44. The number of rotatable bonds is 1. The SMILES string of the molecule is C[C@@H]1C[C@@H](c2ccc3ccccc3c2)CO1. The highest BCUT2D eigenvalue weighted by Crippen LogP contribution is 2.30. The quantitative estimate of drug-likeness (QED) is 0.699. The van der Waals surface area contributed by atoms with Crippen molar-refractivity contribution in [3.05, 3.63) is 48.0 Å². The molecule has 0 spiro atoms. The Morgan fingerprint density at radius 1 is 1.06 bits per heavy atom. The van der Waals surface area contributed by atoms with Crippen molar-refractivity contribution in [2.24, 2.45) is 0 Å². The van der Waals surface area contributed by atoms with Crippen LogP contribution in [0.2, 0.25) is 0 Å². The van der Waals surface area contributed by atoms with Crippen LogP contribution in [0.25, 0.3) is 10.8 Å². The van der Waals surface area contributed by atoms with Crippen molar-refractivity contribution in [3.63, 3.8) is 0 Å². The lowest BCUT2D eigenvalue weighted by atomic mass is 9.94. The van der Waals surface area contributed by atoms with E-state index < -0.39 is 0 Å². The van der Waals surface area contributed by atoms with Gasteiger partial charge in [-0.1, -0.05) is 42.5 Å². The maximum atomic E-state index is 5.63. The molecule has 1 aliphatic rings. The molecule has 2 aromatic carbocycles. The van der Waals surface area contributed by atoms with Crippen LogP contribution in [-0.2, 0) is 4.74 Å². The van der Waals surface area contributed by atoms with Crippen LogP contribution >= 0.6 is 0 Å². The number of hydrogen-bond acceptors (Lipinski definition) is 1. The molecule has 0 saturated carbocycles. The van der Waals surface area contributed by atoms with Gasteiger partial charge >= 0.3 is 0 Å². The van der Waals surface area contributed by atoms with Crippen LogP contribution in [0.1, 0.15) is 24.8 Å². The summed E-state index contributed by atoms with van der Waals surface area (Å²) in [7, 11) is 0. The second-order valence-corrected chi connectivity index (χ2v) is 4.68. The second kappa shape index (κ2) is 3.91. The average Bonchev–Trinajstić information content (AvgIpc) is 2.75. The van der Waals surface area contributed by atoms with Gasteiger partial charge in [-0.05, 0) is 29.7 Å². The lowest BCUT2D eigenvalue weighted by molar-refractivity contribution is 0.123. The third-order valence-corrected chi connectivity index (χ3v) is 3.44. The predicted octanol–water partition coefficient (Wildman–Crippen LogP) is 3.73. The molecule has 0 unspecified atom stereocenters. The van der Waals surface area contributed by atoms with E-state index in [4.69, 9.17) is 4.74 Å². The van der Waals surface area contributed by atoms with Crippen molar-refractivity contribution >= 4 is 10.8 Å². The van der Waals surface area contributed by atoms with Crippen molar-refractivity contribution in [2.75, 3.05) is 6.61 Å². The first kappa shape index (κ1) is 9.86. The fourth-order valence-electron chi connectivity index (χ4n) is 2.51. The molecule has 3 rings (SSSR count). The molecule has 1 nitrogen and oxygen atoms in total. The van der Waals surface area contributed by atoms with Gasteiger partial charge in [-0.2, -0.15) is 0 Å². The maximum Gasteiger partial charge on any atom is 0.0554 e. The van der Waals surface area contributed by atoms with E-state index >= 15 is 0 Å². The molecule has 0 aliphatic carbocycles. The Morgan fingerprint density at radius 3 is 2.62 bits per heavy atom. The molecule has 0 N–H and O–H groups in total. The van der Waals surface area contributed by atoms with Gasteiger partial charge in [0.1, 0.15) is 0 Å². The Kier molecular flexibility index (Phi) is 2.41. The summed E-state index contributed by atoms with van der Waals surface area (Å²) in [5.74, 6) is 0.583. The van der Waals surface area contributed by atoms with Crippen molar-refractivity contribution < 1.29 is 4.74 Å². The molecule has 82 valence electrons. The second-order valence-electron chi connectivity index (χ2n) is 4.68. The zero-order valence-electron chi connectivity index (χ0n) is 9.52. The standard InChI is InChI=1S/C15H16O/c1-11-8-15(10-16-11)14-7-6-12-4-2-3-5-13(12)9-14/h2-7,9,11,15H,8,10H2,1H3/t11-,15-/m1/s1. The van der Waals surface area contributed by atoms with Crippen molar-refractivity contribution in [1.29, 1.82) is 0 Å². The topological polar surface area (TPSA) is 9.23 Å². The summed E-state index contributed by atoms with van der Waals surface area (Å²) >= 11 is 0. The van der Waals surface area contributed by atoms with Gasteiger partial charge in [0.05, 0.1) is 12.7 Å². The van der Waals surface area contributed by atoms with E-state index in [9.17, 15) is 0 Å². The van der Waals surface area contributed by atoms with Gasteiger partial charge in [0.15, 0.2) is 0 Å². The summed E-state index contributed by atoms with van der Waals surface area (Å²) in [5.41, 5.74) is 1.42. The molecule has 16 heavy (non-hydrogen) atoms. The molecular weight excluding hydrogens is 196 g/mol. The Bertz CT molecular complexity index is 504. The summed E-state index contributed by atoms with van der Waals surface area (Å²) in [6.45, 7) is 3.03. The van der Waals surface area contributed by atoms with Gasteiger partial charge in [0.2, 0.25) is 0 Å². The smallest absolute Gasteiger partial charge is 0.0554 e. The Balaban J connectivity index is 1.99. The van der Waals surface area contributed by atoms with Gasteiger partial charge in [0.25, 0.3) is 0 Å². The van der Waals surface area contributed by atoms with Crippen LogP contribution in [0.15, 0.2) is 42.5 Å². The van der Waals surface area contributed by atoms with E-state index in [1.807, 2.05) is 0 Å². The predicted molar refractivity (Wildman–Crippen MR) is 66.7 cm³/mol. The monoisotopic (exact) mass is 212 g/mol. The molecule has 1 heterocycles. The average molecular weight is 212 g/mol. The van der Waals surface area contributed by atoms with Crippen molar-refractivity contribution in [1.82, 2.24) is 0 Å². The maximum absolute atomic E-state index is 5.63. The minimum atomic E-state index is 0.413. The third kappa shape index (κ3) is 1.72. The van der Waals surface area contributed by atoms with Gasteiger partial charge < -0.3 is 4.74 Å². The summed E-state index contributed by atoms with van der Waals surface area (Å²) < 4.78 is 5.63. The number of hydrogen-bond donors (Lipinski definition) is 0. The molecule has 1 saturated heterocycles. The highest BCUT2D eigenvalue weighted by molar-refractivity contribution is 5.83. The molecule has 1 heteroatoms. The number of benzene rings is 2. The first-order valence-electron chi connectivity index (χ1n) is 5.93. The molecule has 1 aliphatic heterocycles. The highest BCUT2D eigenvalue weighted by Gasteiger charge is 2.23. The molecule has 2 atom stereocenters. The van der Waals surface area contributed by atoms with E-state index in [0.717, 1.165) is 13.0 Å².